The van der Waals surface area contributed by atoms with Crippen molar-refractivity contribution in [2.24, 2.45) is 5.73 Å². The van der Waals surface area contributed by atoms with E-state index in [9.17, 15) is 0 Å². The molecule has 0 spiro atoms. The zero-order chi connectivity index (χ0) is 6.57. The van der Waals surface area contributed by atoms with Crippen LogP contribution in [0.2, 0.25) is 0 Å². The van der Waals surface area contributed by atoms with Crippen molar-refractivity contribution in [2.75, 3.05) is 6.54 Å². The van der Waals surface area contributed by atoms with E-state index in [1.807, 2.05) is 0 Å². The molecule has 4 N–H and O–H groups in total. The number of rotatable bonds is 3. The third-order valence-corrected chi connectivity index (χ3v) is 0.625. The van der Waals surface area contributed by atoms with Gasteiger partial charge in [-0.1, -0.05) is 6.58 Å². The van der Waals surface area contributed by atoms with Gasteiger partial charge in [0.05, 0.1) is 11.9 Å². The largest absolute Gasteiger partial charge is 0.392 e. The summed E-state index contributed by atoms with van der Waals surface area (Å²) in [5.74, 6) is 0.394. The van der Waals surface area contributed by atoms with Crippen LogP contribution in [-0.4, -0.2) is 17.8 Å². The summed E-state index contributed by atoms with van der Waals surface area (Å²) >= 11 is 0. The molecule has 0 rings (SSSR count). The second-order valence-electron chi connectivity index (χ2n) is 1.76. The second-order valence-corrected chi connectivity index (χ2v) is 1.76. The fourth-order valence-electron chi connectivity index (χ4n) is 0.279. The predicted molar refractivity (Wildman–Crippen MR) is 33.0 cm³/mol. The van der Waals surface area contributed by atoms with Gasteiger partial charge in [-0.05, 0) is 6.92 Å². The van der Waals surface area contributed by atoms with E-state index in [0.29, 0.717) is 12.4 Å². The SMILES string of the molecule is C=C(N)NC[C@@H](C)O. The highest BCUT2D eigenvalue weighted by atomic mass is 16.3. The maximum atomic E-state index is 8.64. The number of hydrogen-bond acceptors (Lipinski definition) is 3. The molecular formula is C5H12N2O. The maximum Gasteiger partial charge on any atom is 0.0886 e. The average Bonchev–Trinajstić information content (AvgIpc) is 1.61. The Balaban J connectivity index is 3.05. The monoisotopic (exact) mass is 116 g/mol. The zero-order valence-corrected chi connectivity index (χ0v) is 5.02. The molecule has 3 nitrogen and oxygen atoms in total. The number of aliphatic hydroxyl groups excluding tert-OH is 1. The number of aliphatic hydroxyl groups is 1. The Kier molecular flexibility index (Phi) is 3.03. The lowest BCUT2D eigenvalue weighted by Gasteiger charge is -2.05. The molecule has 0 bridgehead atoms. The van der Waals surface area contributed by atoms with Crippen molar-refractivity contribution < 1.29 is 5.11 Å². The first kappa shape index (κ1) is 7.30. The van der Waals surface area contributed by atoms with Gasteiger partial charge in [-0.15, -0.1) is 0 Å². The van der Waals surface area contributed by atoms with E-state index in [-0.39, 0.29) is 6.10 Å². The molecule has 0 aliphatic rings. The molecule has 0 aliphatic carbocycles. The van der Waals surface area contributed by atoms with Crippen molar-refractivity contribution in [3.63, 3.8) is 0 Å². The lowest BCUT2D eigenvalue weighted by molar-refractivity contribution is 0.195. The topological polar surface area (TPSA) is 58.3 Å². The summed E-state index contributed by atoms with van der Waals surface area (Å²) in [7, 11) is 0. The van der Waals surface area contributed by atoms with E-state index in [1.165, 1.54) is 0 Å². The highest BCUT2D eigenvalue weighted by Gasteiger charge is 1.91. The molecule has 0 aromatic heterocycles. The zero-order valence-electron chi connectivity index (χ0n) is 5.02. The summed E-state index contributed by atoms with van der Waals surface area (Å²) in [4.78, 5) is 0. The molecule has 0 heterocycles. The van der Waals surface area contributed by atoms with Crippen molar-refractivity contribution in [3.8, 4) is 0 Å². The van der Waals surface area contributed by atoms with Crippen LogP contribution in [0, 0.1) is 0 Å². The minimum Gasteiger partial charge on any atom is -0.392 e. The van der Waals surface area contributed by atoms with Gasteiger partial charge >= 0.3 is 0 Å². The molecule has 0 amide bonds. The first-order chi connectivity index (χ1) is 3.63. The molecule has 0 radical (unpaired) electrons. The molecule has 0 aromatic carbocycles. The molecule has 3 heteroatoms. The summed E-state index contributed by atoms with van der Waals surface area (Å²) in [6, 6.07) is 0. The van der Waals surface area contributed by atoms with Crippen molar-refractivity contribution in [1.82, 2.24) is 5.32 Å². The Morgan fingerprint density at radius 2 is 2.50 bits per heavy atom. The summed E-state index contributed by atoms with van der Waals surface area (Å²) in [5, 5.41) is 11.3. The van der Waals surface area contributed by atoms with Gasteiger partial charge in [0.1, 0.15) is 0 Å². The van der Waals surface area contributed by atoms with Gasteiger partial charge in [0.2, 0.25) is 0 Å². The van der Waals surface area contributed by atoms with E-state index < -0.39 is 0 Å². The van der Waals surface area contributed by atoms with Gasteiger partial charge in [0.15, 0.2) is 0 Å². The maximum absolute atomic E-state index is 8.64. The molecule has 0 aliphatic heterocycles. The van der Waals surface area contributed by atoms with E-state index in [1.54, 1.807) is 6.92 Å². The van der Waals surface area contributed by atoms with E-state index in [4.69, 9.17) is 10.8 Å². The molecule has 0 saturated heterocycles. The number of hydrogen-bond donors (Lipinski definition) is 3. The first-order valence-corrected chi connectivity index (χ1v) is 2.49. The Hall–Kier alpha value is -0.700. The summed E-state index contributed by atoms with van der Waals surface area (Å²) in [6.45, 7) is 5.53. The number of nitrogens with one attached hydrogen (secondary N) is 1. The minimum absolute atomic E-state index is 0.365. The molecule has 1 atom stereocenters. The van der Waals surface area contributed by atoms with Crippen LogP contribution in [0.1, 0.15) is 6.92 Å². The molecule has 0 aromatic rings. The Labute approximate surface area is 49.2 Å². The second kappa shape index (κ2) is 3.32. The Morgan fingerprint density at radius 3 is 2.62 bits per heavy atom. The highest BCUT2D eigenvalue weighted by Crippen LogP contribution is 1.75. The van der Waals surface area contributed by atoms with Gasteiger partial charge in [-0.3, -0.25) is 0 Å². The molecule has 8 heavy (non-hydrogen) atoms. The Bertz CT molecular complexity index is 80.5. The van der Waals surface area contributed by atoms with Gasteiger partial charge in [-0.25, -0.2) is 0 Å². The molecule has 0 unspecified atom stereocenters. The van der Waals surface area contributed by atoms with Crippen LogP contribution in [0.15, 0.2) is 12.4 Å². The normalized spacial score (nSPS) is 12.8. The molecule has 0 saturated carbocycles. The Morgan fingerprint density at radius 1 is 2.00 bits per heavy atom. The third-order valence-electron chi connectivity index (χ3n) is 0.625. The van der Waals surface area contributed by atoms with Gasteiger partial charge in [0.25, 0.3) is 0 Å². The minimum atomic E-state index is -0.365. The quantitative estimate of drug-likeness (QED) is 0.461. The van der Waals surface area contributed by atoms with Crippen LogP contribution in [0.5, 0.6) is 0 Å². The predicted octanol–water partition coefficient (Wildman–Crippen LogP) is -0.613. The van der Waals surface area contributed by atoms with Crippen molar-refractivity contribution >= 4 is 0 Å². The van der Waals surface area contributed by atoms with E-state index >= 15 is 0 Å². The van der Waals surface area contributed by atoms with Crippen LogP contribution in [0.3, 0.4) is 0 Å². The van der Waals surface area contributed by atoms with E-state index in [2.05, 4.69) is 11.9 Å². The molecule has 48 valence electrons. The van der Waals surface area contributed by atoms with Crippen LogP contribution >= 0.6 is 0 Å². The van der Waals surface area contributed by atoms with Gasteiger partial charge in [0, 0.05) is 6.54 Å². The standard InChI is InChI=1S/C5H12N2O/c1-4(8)3-7-5(2)6/h4,7-8H,2-3,6H2,1H3/t4-/m1/s1. The fraction of sp³-hybridized carbons (Fsp3) is 0.600. The highest BCUT2D eigenvalue weighted by molar-refractivity contribution is 4.82. The first-order valence-electron chi connectivity index (χ1n) is 2.49. The van der Waals surface area contributed by atoms with E-state index in [0.717, 1.165) is 0 Å². The van der Waals surface area contributed by atoms with Crippen LogP contribution in [0.25, 0.3) is 0 Å². The van der Waals surface area contributed by atoms with Crippen LogP contribution in [0.4, 0.5) is 0 Å². The third kappa shape index (κ3) is 5.30. The summed E-state index contributed by atoms with van der Waals surface area (Å²) < 4.78 is 0. The van der Waals surface area contributed by atoms with Gasteiger partial charge < -0.3 is 16.2 Å². The molecular weight excluding hydrogens is 104 g/mol. The fourth-order valence-corrected chi connectivity index (χ4v) is 0.279. The summed E-state index contributed by atoms with van der Waals surface area (Å²) in [5.41, 5.74) is 5.12. The summed E-state index contributed by atoms with van der Waals surface area (Å²) in [6.07, 6.45) is -0.365. The van der Waals surface area contributed by atoms with Crippen molar-refractivity contribution in [3.05, 3.63) is 12.4 Å². The number of nitrogens with two attached hydrogens (primary N) is 1. The average molecular weight is 116 g/mol. The molecule has 0 fully saturated rings. The van der Waals surface area contributed by atoms with Crippen LogP contribution in [-0.2, 0) is 0 Å². The van der Waals surface area contributed by atoms with Crippen LogP contribution < -0.4 is 11.1 Å². The van der Waals surface area contributed by atoms with Crippen molar-refractivity contribution in [2.45, 2.75) is 13.0 Å². The van der Waals surface area contributed by atoms with Gasteiger partial charge in [-0.2, -0.15) is 0 Å². The van der Waals surface area contributed by atoms with Crippen molar-refractivity contribution in [1.29, 1.82) is 0 Å². The lowest BCUT2D eigenvalue weighted by Crippen LogP contribution is -2.26. The smallest absolute Gasteiger partial charge is 0.0886 e. The lowest BCUT2D eigenvalue weighted by atomic mass is 10.4.